The summed E-state index contributed by atoms with van der Waals surface area (Å²) in [7, 11) is 6.07. The summed E-state index contributed by atoms with van der Waals surface area (Å²) in [6.07, 6.45) is 4.02. The average molecular weight is 343 g/mol. The van der Waals surface area contributed by atoms with E-state index in [1.807, 2.05) is 43.4 Å². The number of anilines is 2. The summed E-state index contributed by atoms with van der Waals surface area (Å²) in [6, 6.07) is 9.31. The van der Waals surface area contributed by atoms with Crippen LogP contribution in [-0.2, 0) is 6.54 Å². The van der Waals surface area contributed by atoms with Crippen LogP contribution in [0.3, 0.4) is 0 Å². The number of rotatable bonds is 5. The molecule has 3 rings (SSSR count). The molecule has 1 aliphatic heterocycles. The maximum absolute atomic E-state index is 13.1. The van der Waals surface area contributed by atoms with E-state index in [-0.39, 0.29) is 5.82 Å². The van der Waals surface area contributed by atoms with Gasteiger partial charge in [-0.2, -0.15) is 0 Å². The molecule has 0 unspecified atom stereocenters. The zero-order valence-corrected chi connectivity index (χ0v) is 15.2. The summed E-state index contributed by atoms with van der Waals surface area (Å²) in [5.74, 6) is 0.567. The molecule has 0 spiro atoms. The van der Waals surface area contributed by atoms with E-state index < -0.39 is 0 Å². The van der Waals surface area contributed by atoms with Crippen molar-refractivity contribution in [1.82, 2.24) is 14.9 Å². The molecule has 1 fully saturated rings. The number of halogens is 1. The maximum atomic E-state index is 13.1. The summed E-state index contributed by atoms with van der Waals surface area (Å²) in [6.45, 7) is 2.81. The van der Waals surface area contributed by atoms with Crippen molar-refractivity contribution in [3.63, 3.8) is 0 Å². The van der Waals surface area contributed by atoms with Crippen molar-refractivity contribution < 1.29 is 4.39 Å². The molecule has 0 saturated carbocycles. The van der Waals surface area contributed by atoms with Crippen molar-refractivity contribution in [2.24, 2.45) is 0 Å². The molecule has 134 valence electrons. The molecular weight excluding hydrogens is 317 g/mol. The van der Waals surface area contributed by atoms with Gasteiger partial charge < -0.3 is 9.80 Å². The third kappa shape index (κ3) is 4.45. The predicted octanol–water partition coefficient (Wildman–Crippen LogP) is 2.78. The molecule has 1 saturated heterocycles. The Labute approximate surface area is 149 Å². The smallest absolute Gasteiger partial charge is 0.225 e. The van der Waals surface area contributed by atoms with Crippen LogP contribution < -0.4 is 9.80 Å². The molecule has 6 heteroatoms. The first-order valence-corrected chi connectivity index (χ1v) is 8.73. The lowest BCUT2D eigenvalue weighted by Gasteiger charge is -2.37. The van der Waals surface area contributed by atoms with Crippen LogP contribution in [0.2, 0.25) is 0 Å². The lowest BCUT2D eigenvalue weighted by Crippen LogP contribution is -2.43. The lowest BCUT2D eigenvalue weighted by molar-refractivity contribution is 0.198. The van der Waals surface area contributed by atoms with Gasteiger partial charge in [0.1, 0.15) is 5.82 Å². The quantitative estimate of drug-likeness (QED) is 0.834. The van der Waals surface area contributed by atoms with Crippen molar-refractivity contribution in [2.45, 2.75) is 25.4 Å². The Balaban J connectivity index is 1.55. The monoisotopic (exact) mass is 343 g/mol. The Morgan fingerprint density at radius 1 is 1.08 bits per heavy atom. The normalized spacial score (nSPS) is 15.6. The van der Waals surface area contributed by atoms with Crippen LogP contribution >= 0.6 is 0 Å². The minimum Gasteiger partial charge on any atom is -0.371 e. The number of nitrogens with zero attached hydrogens (tertiary/aromatic N) is 5. The van der Waals surface area contributed by atoms with Gasteiger partial charge in [-0.25, -0.2) is 14.4 Å². The van der Waals surface area contributed by atoms with E-state index in [0.29, 0.717) is 6.04 Å². The van der Waals surface area contributed by atoms with Crippen molar-refractivity contribution in [3.05, 3.63) is 48.0 Å². The highest BCUT2D eigenvalue weighted by atomic mass is 19.1. The zero-order valence-electron chi connectivity index (χ0n) is 15.2. The third-order valence-electron chi connectivity index (χ3n) is 4.79. The molecule has 25 heavy (non-hydrogen) atoms. The fraction of sp³-hybridized carbons (Fsp3) is 0.474. The van der Waals surface area contributed by atoms with E-state index in [4.69, 9.17) is 0 Å². The van der Waals surface area contributed by atoms with Crippen LogP contribution in [-0.4, -0.2) is 55.1 Å². The molecule has 0 atom stereocenters. The van der Waals surface area contributed by atoms with Gasteiger partial charge in [0.05, 0.1) is 5.69 Å². The zero-order chi connectivity index (χ0) is 17.8. The molecule has 1 aromatic heterocycles. The van der Waals surface area contributed by atoms with Gasteiger partial charge in [-0.05, 0) is 50.2 Å². The molecule has 0 aliphatic carbocycles. The maximum Gasteiger partial charge on any atom is 0.225 e. The summed E-state index contributed by atoms with van der Waals surface area (Å²) in [4.78, 5) is 15.5. The minimum atomic E-state index is -0.180. The lowest BCUT2D eigenvalue weighted by atomic mass is 10.0. The van der Waals surface area contributed by atoms with Crippen LogP contribution in [0.1, 0.15) is 18.5 Å². The van der Waals surface area contributed by atoms with Gasteiger partial charge in [-0.15, -0.1) is 0 Å². The molecule has 2 aromatic rings. The first-order valence-electron chi connectivity index (χ1n) is 8.73. The SMILES string of the molecule is CN(C)c1nccc(CN(C)C2CCN(c3ccc(F)cc3)CC2)n1. The fourth-order valence-electron chi connectivity index (χ4n) is 3.29. The van der Waals surface area contributed by atoms with Crippen LogP contribution in [0.15, 0.2) is 36.5 Å². The van der Waals surface area contributed by atoms with Gasteiger partial charge >= 0.3 is 0 Å². The Kier molecular flexibility index (Phi) is 5.48. The average Bonchev–Trinajstić information content (AvgIpc) is 2.63. The number of hydrogen-bond acceptors (Lipinski definition) is 5. The van der Waals surface area contributed by atoms with Gasteiger partial charge in [0, 0.05) is 51.7 Å². The second-order valence-electron chi connectivity index (χ2n) is 6.85. The van der Waals surface area contributed by atoms with Gasteiger partial charge in [0.25, 0.3) is 0 Å². The van der Waals surface area contributed by atoms with E-state index in [0.717, 1.165) is 49.8 Å². The molecule has 0 radical (unpaired) electrons. The Bertz CT molecular complexity index is 680. The Morgan fingerprint density at radius 3 is 2.40 bits per heavy atom. The second-order valence-corrected chi connectivity index (χ2v) is 6.85. The number of hydrogen-bond donors (Lipinski definition) is 0. The molecule has 1 aromatic carbocycles. The molecule has 0 amide bonds. The van der Waals surface area contributed by atoms with Gasteiger partial charge in [-0.1, -0.05) is 0 Å². The van der Waals surface area contributed by atoms with Crippen LogP contribution in [0.25, 0.3) is 0 Å². The topological polar surface area (TPSA) is 35.5 Å². The van der Waals surface area contributed by atoms with Crippen molar-refractivity contribution >= 4 is 11.6 Å². The standard InChI is InChI=1S/C19H26FN5/c1-23(2)19-21-11-8-16(22-19)14-24(3)17-9-12-25(13-10-17)18-6-4-15(20)5-7-18/h4-8,11,17H,9-10,12-14H2,1-3H3. The van der Waals surface area contributed by atoms with Gasteiger partial charge in [-0.3, -0.25) is 4.90 Å². The van der Waals surface area contributed by atoms with Crippen LogP contribution in [0.4, 0.5) is 16.0 Å². The van der Waals surface area contributed by atoms with E-state index in [1.165, 1.54) is 12.1 Å². The van der Waals surface area contributed by atoms with E-state index >= 15 is 0 Å². The largest absolute Gasteiger partial charge is 0.371 e. The van der Waals surface area contributed by atoms with Gasteiger partial charge in [0.2, 0.25) is 5.95 Å². The van der Waals surface area contributed by atoms with E-state index in [1.54, 1.807) is 0 Å². The van der Waals surface area contributed by atoms with Crippen molar-refractivity contribution in [3.8, 4) is 0 Å². The number of aromatic nitrogens is 2. The number of piperidine rings is 1. The molecule has 2 heterocycles. The first kappa shape index (κ1) is 17.6. The highest BCUT2D eigenvalue weighted by Crippen LogP contribution is 2.23. The Hall–Kier alpha value is -2.21. The molecular formula is C19H26FN5. The van der Waals surface area contributed by atoms with Crippen molar-refractivity contribution in [1.29, 1.82) is 0 Å². The molecule has 0 bridgehead atoms. The highest BCUT2D eigenvalue weighted by molar-refractivity contribution is 5.46. The minimum absolute atomic E-state index is 0.180. The van der Waals surface area contributed by atoms with Crippen molar-refractivity contribution in [2.75, 3.05) is 44.0 Å². The molecule has 0 N–H and O–H groups in total. The molecule has 1 aliphatic rings. The molecule has 5 nitrogen and oxygen atoms in total. The second kappa shape index (κ2) is 7.78. The third-order valence-corrected chi connectivity index (χ3v) is 4.79. The van der Waals surface area contributed by atoms with E-state index in [2.05, 4.69) is 26.8 Å². The predicted molar refractivity (Wildman–Crippen MR) is 99.5 cm³/mol. The summed E-state index contributed by atoms with van der Waals surface area (Å²) < 4.78 is 13.1. The fourth-order valence-corrected chi connectivity index (χ4v) is 3.29. The summed E-state index contributed by atoms with van der Waals surface area (Å²) in [5.41, 5.74) is 2.15. The summed E-state index contributed by atoms with van der Waals surface area (Å²) in [5, 5.41) is 0. The Morgan fingerprint density at radius 2 is 1.76 bits per heavy atom. The van der Waals surface area contributed by atoms with Gasteiger partial charge in [0.15, 0.2) is 0 Å². The number of benzene rings is 1. The summed E-state index contributed by atoms with van der Waals surface area (Å²) >= 11 is 0. The van der Waals surface area contributed by atoms with E-state index in [9.17, 15) is 4.39 Å². The van der Waals surface area contributed by atoms with Crippen LogP contribution in [0.5, 0.6) is 0 Å². The highest BCUT2D eigenvalue weighted by Gasteiger charge is 2.23. The first-order chi connectivity index (χ1) is 12.0. The van der Waals surface area contributed by atoms with Crippen LogP contribution in [0, 0.1) is 5.82 Å².